The second kappa shape index (κ2) is 9.91. The Bertz CT molecular complexity index is 882. The number of benzene rings is 2. The van der Waals surface area contributed by atoms with Crippen molar-refractivity contribution >= 4 is 18.0 Å². The molecule has 3 rings (SSSR count). The SMILES string of the molecule is Cc1ccc(C[C@@H](NC(=O)[C@H]2CCCN2C(=O)OCc2ccccc2)C(=O)O)cc1. The highest BCUT2D eigenvalue weighted by atomic mass is 16.6. The number of carboxylic acid groups (broad SMARTS) is 1. The van der Waals surface area contributed by atoms with Gasteiger partial charge in [0.05, 0.1) is 0 Å². The summed E-state index contributed by atoms with van der Waals surface area (Å²) in [6, 6.07) is 15.0. The zero-order chi connectivity index (χ0) is 21.5. The molecule has 2 aromatic rings. The van der Waals surface area contributed by atoms with Crippen LogP contribution in [0.4, 0.5) is 4.79 Å². The second-order valence-electron chi connectivity index (χ2n) is 7.48. The van der Waals surface area contributed by atoms with E-state index in [0.717, 1.165) is 16.7 Å². The number of carbonyl (C=O) groups is 3. The fourth-order valence-corrected chi connectivity index (χ4v) is 3.49. The van der Waals surface area contributed by atoms with E-state index in [0.29, 0.717) is 19.4 Å². The summed E-state index contributed by atoms with van der Waals surface area (Å²) in [5.74, 6) is -1.58. The molecule has 1 saturated heterocycles. The van der Waals surface area contributed by atoms with E-state index < -0.39 is 30.1 Å². The lowest BCUT2D eigenvalue weighted by atomic mass is 10.0. The molecule has 0 unspecified atom stereocenters. The van der Waals surface area contributed by atoms with E-state index >= 15 is 0 Å². The molecule has 2 amide bonds. The Labute approximate surface area is 175 Å². The predicted octanol–water partition coefficient (Wildman–Crippen LogP) is 2.91. The Morgan fingerprint density at radius 3 is 2.47 bits per heavy atom. The topological polar surface area (TPSA) is 95.9 Å². The maximum absolute atomic E-state index is 12.8. The van der Waals surface area contributed by atoms with E-state index in [2.05, 4.69) is 5.32 Å². The van der Waals surface area contributed by atoms with Crippen molar-refractivity contribution in [2.75, 3.05) is 6.54 Å². The molecule has 30 heavy (non-hydrogen) atoms. The molecule has 1 fully saturated rings. The molecule has 0 aliphatic carbocycles. The van der Waals surface area contributed by atoms with E-state index in [1.165, 1.54) is 4.90 Å². The highest BCUT2D eigenvalue weighted by Crippen LogP contribution is 2.19. The van der Waals surface area contributed by atoms with Gasteiger partial charge in [0.15, 0.2) is 0 Å². The van der Waals surface area contributed by atoms with Crippen LogP contribution in [0.2, 0.25) is 0 Å². The first-order chi connectivity index (χ1) is 14.4. The number of aliphatic carboxylic acids is 1. The van der Waals surface area contributed by atoms with Crippen molar-refractivity contribution in [2.24, 2.45) is 0 Å². The van der Waals surface area contributed by atoms with Crippen LogP contribution in [-0.2, 0) is 27.4 Å². The molecule has 0 radical (unpaired) electrons. The van der Waals surface area contributed by atoms with E-state index in [-0.39, 0.29) is 13.0 Å². The molecule has 7 heteroatoms. The summed E-state index contributed by atoms with van der Waals surface area (Å²) in [6.07, 6.45) is 0.742. The van der Waals surface area contributed by atoms with Crippen LogP contribution in [-0.4, -0.2) is 46.6 Å². The smallest absolute Gasteiger partial charge is 0.410 e. The normalized spacial score (nSPS) is 16.7. The first-order valence-electron chi connectivity index (χ1n) is 10.00. The van der Waals surface area contributed by atoms with Crippen molar-refractivity contribution in [3.05, 3.63) is 71.3 Å². The Morgan fingerprint density at radius 1 is 1.10 bits per heavy atom. The molecule has 158 valence electrons. The summed E-state index contributed by atoms with van der Waals surface area (Å²) < 4.78 is 5.34. The largest absolute Gasteiger partial charge is 0.480 e. The molecule has 0 spiro atoms. The number of hydrogen-bond acceptors (Lipinski definition) is 4. The molecule has 7 nitrogen and oxygen atoms in total. The van der Waals surface area contributed by atoms with Gasteiger partial charge in [0, 0.05) is 13.0 Å². The third-order valence-electron chi connectivity index (χ3n) is 5.17. The van der Waals surface area contributed by atoms with Gasteiger partial charge in [-0.1, -0.05) is 60.2 Å². The third kappa shape index (κ3) is 5.59. The second-order valence-corrected chi connectivity index (χ2v) is 7.48. The Kier molecular flexibility index (Phi) is 7.06. The van der Waals surface area contributed by atoms with Gasteiger partial charge in [-0.3, -0.25) is 9.69 Å². The van der Waals surface area contributed by atoms with Crippen molar-refractivity contribution in [2.45, 2.75) is 44.9 Å². The first-order valence-corrected chi connectivity index (χ1v) is 10.00. The highest BCUT2D eigenvalue weighted by molar-refractivity contribution is 5.89. The molecule has 0 saturated carbocycles. The van der Waals surface area contributed by atoms with Crippen molar-refractivity contribution in [3.8, 4) is 0 Å². The van der Waals surface area contributed by atoms with Gasteiger partial charge in [0.2, 0.25) is 5.91 Å². The summed E-state index contributed by atoms with van der Waals surface area (Å²) in [6.45, 7) is 2.48. The molecule has 2 aromatic carbocycles. The van der Waals surface area contributed by atoms with Crippen molar-refractivity contribution in [1.82, 2.24) is 10.2 Å². The van der Waals surface area contributed by atoms with Gasteiger partial charge >= 0.3 is 12.1 Å². The minimum absolute atomic E-state index is 0.121. The average molecular weight is 410 g/mol. The maximum Gasteiger partial charge on any atom is 0.410 e. The van der Waals surface area contributed by atoms with Gasteiger partial charge in [-0.15, -0.1) is 0 Å². The lowest BCUT2D eigenvalue weighted by Gasteiger charge is -2.25. The average Bonchev–Trinajstić information content (AvgIpc) is 3.24. The number of nitrogens with one attached hydrogen (secondary N) is 1. The minimum Gasteiger partial charge on any atom is -0.480 e. The Balaban J connectivity index is 1.59. The van der Waals surface area contributed by atoms with Crippen LogP contribution in [0.1, 0.15) is 29.5 Å². The van der Waals surface area contributed by atoms with E-state index in [1.54, 1.807) is 0 Å². The summed E-state index contributed by atoms with van der Waals surface area (Å²) in [5, 5.41) is 12.1. The summed E-state index contributed by atoms with van der Waals surface area (Å²) in [5.41, 5.74) is 2.75. The number of carboxylic acids is 1. The fraction of sp³-hybridized carbons (Fsp3) is 0.348. The number of rotatable bonds is 7. The molecular weight excluding hydrogens is 384 g/mol. The number of likely N-dealkylation sites (tertiary alicyclic amines) is 1. The molecule has 2 N–H and O–H groups in total. The molecular formula is C23H26N2O5. The van der Waals surface area contributed by atoms with Gasteiger partial charge < -0.3 is 15.2 Å². The van der Waals surface area contributed by atoms with Crippen molar-refractivity contribution < 1.29 is 24.2 Å². The monoisotopic (exact) mass is 410 g/mol. The summed E-state index contributed by atoms with van der Waals surface area (Å²) in [4.78, 5) is 38.3. The lowest BCUT2D eigenvalue weighted by Crippen LogP contribution is -2.51. The van der Waals surface area contributed by atoms with Crippen LogP contribution in [0.25, 0.3) is 0 Å². The number of hydrogen-bond donors (Lipinski definition) is 2. The zero-order valence-corrected chi connectivity index (χ0v) is 16.9. The predicted molar refractivity (Wildman–Crippen MR) is 111 cm³/mol. The fourth-order valence-electron chi connectivity index (χ4n) is 3.49. The van der Waals surface area contributed by atoms with Crippen LogP contribution in [0, 0.1) is 6.92 Å². The number of carbonyl (C=O) groups excluding carboxylic acids is 2. The van der Waals surface area contributed by atoms with Crippen LogP contribution < -0.4 is 5.32 Å². The van der Waals surface area contributed by atoms with Crippen LogP contribution >= 0.6 is 0 Å². The van der Waals surface area contributed by atoms with Gasteiger partial charge in [-0.05, 0) is 30.9 Å². The maximum atomic E-state index is 12.8. The quantitative estimate of drug-likeness (QED) is 0.732. The van der Waals surface area contributed by atoms with Gasteiger partial charge in [0.1, 0.15) is 18.7 Å². The third-order valence-corrected chi connectivity index (χ3v) is 5.17. The molecule has 0 aromatic heterocycles. The van der Waals surface area contributed by atoms with Crippen LogP contribution in [0.5, 0.6) is 0 Å². The molecule has 1 heterocycles. The summed E-state index contributed by atoms with van der Waals surface area (Å²) in [7, 11) is 0. The molecule has 2 atom stereocenters. The number of aryl methyl sites for hydroxylation is 1. The molecule has 1 aliphatic rings. The first kappa shape index (κ1) is 21.4. The number of nitrogens with zero attached hydrogens (tertiary/aromatic N) is 1. The Hall–Kier alpha value is -3.35. The summed E-state index contributed by atoms with van der Waals surface area (Å²) >= 11 is 0. The van der Waals surface area contributed by atoms with Gasteiger partial charge in [-0.2, -0.15) is 0 Å². The van der Waals surface area contributed by atoms with Crippen LogP contribution in [0.15, 0.2) is 54.6 Å². The molecule has 1 aliphatic heterocycles. The minimum atomic E-state index is -1.11. The Morgan fingerprint density at radius 2 is 1.80 bits per heavy atom. The van der Waals surface area contributed by atoms with E-state index in [9.17, 15) is 19.5 Å². The molecule has 0 bridgehead atoms. The van der Waals surface area contributed by atoms with E-state index in [4.69, 9.17) is 4.74 Å². The van der Waals surface area contributed by atoms with Gasteiger partial charge in [-0.25, -0.2) is 9.59 Å². The van der Waals surface area contributed by atoms with Gasteiger partial charge in [0.25, 0.3) is 0 Å². The lowest BCUT2D eigenvalue weighted by molar-refractivity contribution is -0.142. The number of ether oxygens (including phenoxy) is 1. The number of amides is 2. The van der Waals surface area contributed by atoms with E-state index in [1.807, 2.05) is 61.5 Å². The van der Waals surface area contributed by atoms with Crippen molar-refractivity contribution in [1.29, 1.82) is 0 Å². The zero-order valence-electron chi connectivity index (χ0n) is 16.9. The standard InChI is InChI=1S/C23H26N2O5/c1-16-9-11-17(12-10-16)14-19(22(27)28)24-21(26)20-8-5-13-25(20)23(29)30-15-18-6-3-2-4-7-18/h2-4,6-7,9-12,19-20H,5,8,13-15H2,1H3,(H,24,26)(H,27,28)/t19-,20-/m1/s1. The van der Waals surface area contributed by atoms with Crippen molar-refractivity contribution in [3.63, 3.8) is 0 Å². The van der Waals surface area contributed by atoms with Crippen LogP contribution in [0.3, 0.4) is 0 Å². The highest BCUT2D eigenvalue weighted by Gasteiger charge is 2.36.